The van der Waals surface area contributed by atoms with Crippen LogP contribution in [0.1, 0.15) is 38.7 Å². The number of carbonyl (C=O) groups is 1. The lowest BCUT2D eigenvalue weighted by Gasteiger charge is -2.29. The summed E-state index contributed by atoms with van der Waals surface area (Å²) < 4.78 is 13.2. The lowest BCUT2D eigenvalue weighted by Crippen LogP contribution is -2.44. The highest BCUT2D eigenvalue weighted by Crippen LogP contribution is 2.32. The quantitative estimate of drug-likeness (QED) is 0.917. The van der Waals surface area contributed by atoms with Gasteiger partial charge in [-0.1, -0.05) is 17.7 Å². The van der Waals surface area contributed by atoms with Crippen LogP contribution < -0.4 is 5.32 Å². The Bertz CT molecular complexity index is 560. The first-order chi connectivity index (χ1) is 10.2. The number of hydrogen-bond acceptors (Lipinski definition) is 2. The highest BCUT2D eigenvalue weighted by Gasteiger charge is 2.34. The molecule has 1 aromatic carbocycles. The molecule has 22 heavy (non-hydrogen) atoms. The number of carbonyl (C=O) groups excluding carboxylic acids is 1. The summed E-state index contributed by atoms with van der Waals surface area (Å²) in [6.07, 6.45) is 2.83. The van der Waals surface area contributed by atoms with Crippen molar-refractivity contribution in [2.45, 2.75) is 44.7 Å². The van der Waals surface area contributed by atoms with Crippen LogP contribution in [-0.2, 0) is 10.3 Å². The van der Waals surface area contributed by atoms with E-state index in [2.05, 4.69) is 10.2 Å². The first-order valence-electron chi connectivity index (χ1n) is 7.64. The summed E-state index contributed by atoms with van der Waals surface area (Å²) >= 11 is 6.12. The van der Waals surface area contributed by atoms with E-state index in [4.69, 9.17) is 11.6 Å². The van der Waals surface area contributed by atoms with E-state index in [1.165, 1.54) is 12.1 Å². The van der Waals surface area contributed by atoms with Gasteiger partial charge in [-0.2, -0.15) is 0 Å². The molecule has 0 bridgehead atoms. The van der Waals surface area contributed by atoms with Crippen LogP contribution in [0.2, 0.25) is 5.02 Å². The molecule has 2 rings (SSSR count). The van der Waals surface area contributed by atoms with Crippen LogP contribution in [0.25, 0.3) is 0 Å². The highest BCUT2D eigenvalue weighted by atomic mass is 35.5. The molecule has 1 fully saturated rings. The van der Waals surface area contributed by atoms with Gasteiger partial charge in [-0.3, -0.25) is 4.79 Å². The Balaban J connectivity index is 2.07. The Kier molecular flexibility index (Phi) is 5.13. The lowest BCUT2D eigenvalue weighted by molar-refractivity contribution is -0.126. The number of rotatable bonds is 4. The van der Waals surface area contributed by atoms with Crippen LogP contribution >= 0.6 is 11.6 Å². The van der Waals surface area contributed by atoms with Crippen molar-refractivity contribution in [3.05, 3.63) is 34.6 Å². The number of benzene rings is 1. The maximum Gasteiger partial charge on any atom is 0.223 e. The fourth-order valence-corrected chi connectivity index (χ4v) is 3.54. The van der Waals surface area contributed by atoms with Crippen molar-refractivity contribution < 1.29 is 9.18 Å². The molecule has 0 radical (unpaired) electrons. The summed E-state index contributed by atoms with van der Waals surface area (Å²) in [7, 11) is 4.10. The second kappa shape index (κ2) is 6.55. The summed E-state index contributed by atoms with van der Waals surface area (Å²) in [6, 6.07) is 4.75. The molecule has 2 atom stereocenters. The average molecular weight is 327 g/mol. The van der Waals surface area contributed by atoms with Crippen molar-refractivity contribution in [3.63, 3.8) is 0 Å². The summed E-state index contributed by atoms with van der Waals surface area (Å²) in [6.45, 7) is 3.78. The maximum absolute atomic E-state index is 13.2. The van der Waals surface area contributed by atoms with E-state index in [0.717, 1.165) is 24.8 Å². The SMILES string of the molecule is CN(C)[C@H]1CC[C@H](C(=O)NC(C)(C)c2ccc(F)cc2Cl)C1. The van der Waals surface area contributed by atoms with E-state index in [9.17, 15) is 9.18 Å². The third-order valence-electron chi connectivity index (χ3n) is 4.55. The largest absolute Gasteiger partial charge is 0.347 e. The van der Waals surface area contributed by atoms with E-state index in [-0.39, 0.29) is 17.6 Å². The number of amides is 1. The third kappa shape index (κ3) is 3.79. The van der Waals surface area contributed by atoms with Crippen molar-refractivity contribution in [1.82, 2.24) is 10.2 Å². The van der Waals surface area contributed by atoms with Crippen LogP contribution in [-0.4, -0.2) is 30.9 Å². The van der Waals surface area contributed by atoms with E-state index < -0.39 is 5.54 Å². The standard InChI is InChI=1S/C17H24ClFN2O/c1-17(2,14-8-6-12(19)10-15(14)18)20-16(22)11-5-7-13(9-11)21(3)4/h6,8,10-11,13H,5,7,9H2,1-4H3,(H,20,22)/t11-,13-/m0/s1. The van der Waals surface area contributed by atoms with Gasteiger partial charge < -0.3 is 10.2 Å². The smallest absolute Gasteiger partial charge is 0.223 e. The molecule has 5 heteroatoms. The third-order valence-corrected chi connectivity index (χ3v) is 4.86. The van der Waals surface area contributed by atoms with Crippen LogP contribution in [0.15, 0.2) is 18.2 Å². The van der Waals surface area contributed by atoms with Gasteiger partial charge in [0.05, 0.1) is 5.54 Å². The van der Waals surface area contributed by atoms with E-state index >= 15 is 0 Å². The van der Waals surface area contributed by atoms with Gasteiger partial charge in [-0.25, -0.2) is 4.39 Å². The molecule has 1 amide bonds. The average Bonchev–Trinajstić information content (AvgIpc) is 2.87. The summed E-state index contributed by atoms with van der Waals surface area (Å²) in [4.78, 5) is 14.7. The van der Waals surface area contributed by atoms with Gasteiger partial charge in [0.25, 0.3) is 0 Å². The summed E-state index contributed by atoms with van der Waals surface area (Å²) in [5.74, 6) is -0.291. The van der Waals surface area contributed by atoms with E-state index in [0.29, 0.717) is 11.1 Å². The molecular formula is C17H24ClFN2O. The van der Waals surface area contributed by atoms with Gasteiger partial charge in [-0.15, -0.1) is 0 Å². The van der Waals surface area contributed by atoms with Crippen molar-refractivity contribution in [3.8, 4) is 0 Å². The van der Waals surface area contributed by atoms with Crippen LogP contribution in [0.5, 0.6) is 0 Å². The molecule has 1 aliphatic rings. The number of nitrogens with one attached hydrogen (secondary N) is 1. The monoisotopic (exact) mass is 326 g/mol. The molecule has 0 spiro atoms. The molecule has 1 aliphatic carbocycles. The van der Waals surface area contributed by atoms with Crippen LogP contribution in [0.4, 0.5) is 4.39 Å². The van der Waals surface area contributed by atoms with Crippen LogP contribution in [0.3, 0.4) is 0 Å². The van der Waals surface area contributed by atoms with Crippen molar-refractivity contribution in [2.24, 2.45) is 5.92 Å². The highest BCUT2D eigenvalue weighted by molar-refractivity contribution is 6.31. The van der Waals surface area contributed by atoms with Gasteiger partial charge in [0.2, 0.25) is 5.91 Å². The summed E-state index contributed by atoms with van der Waals surface area (Å²) in [5, 5.41) is 3.41. The molecular weight excluding hydrogens is 303 g/mol. The minimum atomic E-state index is -0.627. The predicted molar refractivity (Wildman–Crippen MR) is 87.4 cm³/mol. The van der Waals surface area contributed by atoms with E-state index in [1.807, 2.05) is 27.9 Å². The van der Waals surface area contributed by atoms with Gasteiger partial charge >= 0.3 is 0 Å². The molecule has 0 unspecified atom stereocenters. The van der Waals surface area contributed by atoms with Crippen molar-refractivity contribution >= 4 is 17.5 Å². The Morgan fingerprint density at radius 1 is 1.36 bits per heavy atom. The minimum Gasteiger partial charge on any atom is -0.347 e. The zero-order chi connectivity index (χ0) is 16.5. The maximum atomic E-state index is 13.2. The Morgan fingerprint density at radius 2 is 2.05 bits per heavy atom. The first-order valence-corrected chi connectivity index (χ1v) is 8.02. The molecule has 0 heterocycles. The van der Waals surface area contributed by atoms with Gasteiger partial charge in [0, 0.05) is 17.0 Å². The molecule has 0 aliphatic heterocycles. The molecule has 1 saturated carbocycles. The Labute approximate surface area is 136 Å². The topological polar surface area (TPSA) is 32.3 Å². The fourth-order valence-electron chi connectivity index (χ4n) is 3.14. The zero-order valence-electron chi connectivity index (χ0n) is 13.6. The molecule has 1 N–H and O–H groups in total. The van der Waals surface area contributed by atoms with E-state index in [1.54, 1.807) is 6.07 Å². The Morgan fingerprint density at radius 3 is 2.59 bits per heavy atom. The molecule has 122 valence electrons. The fraction of sp³-hybridized carbons (Fsp3) is 0.588. The zero-order valence-corrected chi connectivity index (χ0v) is 14.4. The molecule has 0 saturated heterocycles. The summed E-state index contributed by atoms with van der Waals surface area (Å²) in [5.41, 5.74) is 0.101. The van der Waals surface area contributed by atoms with Gasteiger partial charge in [0.1, 0.15) is 5.82 Å². The lowest BCUT2D eigenvalue weighted by atomic mass is 9.92. The number of halogens is 2. The minimum absolute atomic E-state index is 0.0332. The second-order valence-corrected chi connectivity index (χ2v) is 7.27. The van der Waals surface area contributed by atoms with Crippen LogP contribution in [0, 0.1) is 11.7 Å². The molecule has 1 aromatic rings. The van der Waals surface area contributed by atoms with Crippen molar-refractivity contribution in [2.75, 3.05) is 14.1 Å². The van der Waals surface area contributed by atoms with Gasteiger partial charge in [0.15, 0.2) is 0 Å². The second-order valence-electron chi connectivity index (χ2n) is 6.87. The first kappa shape index (κ1) is 17.2. The number of nitrogens with zero attached hydrogens (tertiary/aromatic N) is 1. The van der Waals surface area contributed by atoms with Crippen molar-refractivity contribution in [1.29, 1.82) is 0 Å². The Hall–Kier alpha value is -1.13. The molecule has 0 aromatic heterocycles. The molecule has 3 nitrogen and oxygen atoms in total. The normalized spacial score (nSPS) is 22.1. The number of hydrogen-bond donors (Lipinski definition) is 1. The van der Waals surface area contributed by atoms with Gasteiger partial charge in [-0.05, 0) is 64.9 Å². The predicted octanol–water partition coefficient (Wildman–Crippen LogP) is 3.56.